The summed E-state index contributed by atoms with van der Waals surface area (Å²) in [5, 5.41) is 0. The van der Waals surface area contributed by atoms with Crippen LogP contribution in [0.1, 0.15) is 32.8 Å². The molecular formula is C12H18F3N3OS. The summed E-state index contributed by atoms with van der Waals surface area (Å²) >= 11 is -1.77. The molecular weight excluding hydrogens is 291 g/mol. The van der Waals surface area contributed by atoms with Gasteiger partial charge in [-0.3, -0.25) is 0 Å². The Labute approximate surface area is 119 Å². The maximum atomic E-state index is 12.9. The minimum atomic E-state index is -4.45. The Morgan fingerprint density at radius 2 is 1.80 bits per heavy atom. The topological polar surface area (TPSA) is 60.9 Å². The highest BCUT2D eigenvalue weighted by Crippen LogP contribution is 2.26. The van der Waals surface area contributed by atoms with Crippen molar-refractivity contribution in [1.29, 1.82) is 0 Å². The fourth-order valence-corrected chi connectivity index (χ4v) is 2.23. The zero-order valence-electron chi connectivity index (χ0n) is 11.6. The average Bonchev–Trinajstić information content (AvgIpc) is 2.32. The van der Waals surface area contributed by atoms with Gasteiger partial charge in [-0.05, 0) is 39.2 Å². The maximum absolute atomic E-state index is 12.9. The third-order valence-electron chi connectivity index (χ3n) is 2.54. The number of hydrogen-bond donors (Lipinski definition) is 1. The summed E-state index contributed by atoms with van der Waals surface area (Å²) < 4.78 is 52.1. The lowest BCUT2D eigenvalue weighted by molar-refractivity contribution is -0.152. The van der Waals surface area contributed by atoms with Crippen LogP contribution in [-0.2, 0) is 17.8 Å². The summed E-state index contributed by atoms with van der Waals surface area (Å²) in [6.45, 7) is 4.86. The number of aryl methyl sites for hydroxylation is 1. The van der Waals surface area contributed by atoms with Crippen molar-refractivity contribution in [2.45, 2.75) is 50.6 Å². The van der Waals surface area contributed by atoms with Crippen LogP contribution in [0.4, 0.5) is 13.2 Å². The molecule has 0 fully saturated rings. The highest BCUT2D eigenvalue weighted by atomic mass is 32.2. The van der Waals surface area contributed by atoms with Crippen molar-refractivity contribution in [3.63, 3.8) is 0 Å². The van der Waals surface area contributed by atoms with Crippen LogP contribution >= 0.6 is 0 Å². The van der Waals surface area contributed by atoms with E-state index in [1.54, 1.807) is 20.8 Å². The second-order valence-electron chi connectivity index (χ2n) is 5.38. The van der Waals surface area contributed by atoms with Crippen molar-refractivity contribution < 1.29 is 17.7 Å². The van der Waals surface area contributed by atoms with E-state index in [1.807, 2.05) is 0 Å². The van der Waals surface area contributed by atoms with E-state index in [-0.39, 0.29) is 12.8 Å². The maximum Gasteiger partial charge on any atom is 0.408 e. The predicted octanol–water partition coefficient (Wildman–Crippen LogP) is 2.39. The second-order valence-corrected chi connectivity index (χ2v) is 7.38. The number of rotatable bonds is 5. The molecule has 0 aliphatic heterocycles. The minimum absolute atomic E-state index is 0.166. The highest BCUT2D eigenvalue weighted by molar-refractivity contribution is 7.90. The van der Waals surface area contributed by atoms with Crippen LogP contribution in [0.15, 0.2) is 18.7 Å². The van der Waals surface area contributed by atoms with E-state index in [0.717, 1.165) is 0 Å². The van der Waals surface area contributed by atoms with Gasteiger partial charge in [0.05, 0.1) is 0 Å². The van der Waals surface area contributed by atoms with Gasteiger partial charge in [-0.15, -0.1) is 4.72 Å². The average molecular weight is 309 g/mol. The van der Waals surface area contributed by atoms with Gasteiger partial charge in [-0.1, -0.05) is 0 Å². The molecule has 1 aromatic rings. The molecule has 4 nitrogen and oxygen atoms in total. The van der Waals surface area contributed by atoms with Crippen molar-refractivity contribution in [1.82, 2.24) is 14.7 Å². The van der Waals surface area contributed by atoms with Gasteiger partial charge in [0.1, 0.15) is 17.1 Å². The van der Waals surface area contributed by atoms with Crippen molar-refractivity contribution >= 4 is 11.4 Å². The standard InChI is InChI=1S/C12H18F3N3OS/c1-11(2,3)20(19)18-10(12(13,14)15)5-4-9-6-16-8-17-7-9/h6-8,10,18H,4-5H2,1-3H3. The minimum Gasteiger partial charge on any atom is -0.598 e. The van der Waals surface area contributed by atoms with Gasteiger partial charge in [0.2, 0.25) is 0 Å². The third kappa shape index (κ3) is 5.64. The quantitative estimate of drug-likeness (QED) is 0.848. The number of hydrogen-bond acceptors (Lipinski definition) is 4. The molecule has 114 valence electrons. The van der Waals surface area contributed by atoms with Gasteiger partial charge in [-0.25, -0.2) is 9.97 Å². The SMILES string of the molecule is CC(C)(C)[S+]([O-])NC(CCc1cncnc1)C(F)(F)F. The van der Waals surface area contributed by atoms with E-state index in [1.165, 1.54) is 18.7 Å². The number of nitrogens with zero attached hydrogens (tertiary/aromatic N) is 2. The molecule has 1 N–H and O–H groups in total. The smallest absolute Gasteiger partial charge is 0.408 e. The van der Waals surface area contributed by atoms with Gasteiger partial charge in [0.15, 0.2) is 0 Å². The Balaban J connectivity index is 2.67. The molecule has 20 heavy (non-hydrogen) atoms. The molecule has 0 aliphatic carbocycles. The van der Waals surface area contributed by atoms with Gasteiger partial charge < -0.3 is 4.55 Å². The Hall–Kier alpha value is -0.860. The summed E-state index contributed by atoms with van der Waals surface area (Å²) in [6, 6.07) is -1.82. The van der Waals surface area contributed by atoms with Crippen molar-refractivity contribution in [3.8, 4) is 0 Å². The number of aromatic nitrogens is 2. The largest absolute Gasteiger partial charge is 0.598 e. The normalized spacial score (nSPS) is 15.9. The van der Waals surface area contributed by atoms with Crippen LogP contribution in [0.3, 0.4) is 0 Å². The summed E-state index contributed by atoms with van der Waals surface area (Å²) in [5.74, 6) is 0. The summed E-state index contributed by atoms with van der Waals surface area (Å²) in [6.07, 6.45) is -0.228. The molecule has 0 spiro atoms. The van der Waals surface area contributed by atoms with E-state index >= 15 is 0 Å². The number of halogens is 3. The Bertz CT molecular complexity index is 409. The van der Waals surface area contributed by atoms with Crippen LogP contribution in [0.25, 0.3) is 0 Å². The molecule has 2 unspecified atom stereocenters. The molecule has 0 bridgehead atoms. The summed E-state index contributed by atoms with van der Waals surface area (Å²) in [5.41, 5.74) is 0.616. The van der Waals surface area contributed by atoms with Gasteiger partial charge in [-0.2, -0.15) is 13.2 Å². The lowest BCUT2D eigenvalue weighted by atomic mass is 10.1. The Morgan fingerprint density at radius 3 is 2.25 bits per heavy atom. The molecule has 0 saturated carbocycles. The summed E-state index contributed by atoms with van der Waals surface area (Å²) in [7, 11) is 0. The summed E-state index contributed by atoms with van der Waals surface area (Å²) in [4.78, 5) is 7.50. The van der Waals surface area contributed by atoms with Crippen LogP contribution in [-0.4, -0.2) is 31.5 Å². The van der Waals surface area contributed by atoms with Crippen LogP contribution < -0.4 is 4.72 Å². The third-order valence-corrected chi connectivity index (χ3v) is 4.15. The highest BCUT2D eigenvalue weighted by Gasteiger charge is 2.44. The molecule has 1 aromatic heterocycles. The lowest BCUT2D eigenvalue weighted by Crippen LogP contribution is -2.50. The molecule has 8 heteroatoms. The first-order chi connectivity index (χ1) is 9.10. The molecule has 0 aromatic carbocycles. The first-order valence-electron chi connectivity index (χ1n) is 6.09. The van der Waals surface area contributed by atoms with E-state index in [9.17, 15) is 17.7 Å². The molecule has 0 radical (unpaired) electrons. The van der Waals surface area contributed by atoms with Crippen LogP contribution in [0.2, 0.25) is 0 Å². The second kappa shape index (κ2) is 6.73. The van der Waals surface area contributed by atoms with E-state index < -0.39 is 28.3 Å². The Kier molecular flexibility index (Phi) is 5.79. The zero-order chi connectivity index (χ0) is 15.4. The van der Waals surface area contributed by atoms with Crippen molar-refractivity contribution in [3.05, 3.63) is 24.3 Å². The fraction of sp³-hybridized carbons (Fsp3) is 0.667. The predicted molar refractivity (Wildman–Crippen MR) is 71.2 cm³/mol. The van der Waals surface area contributed by atoms with E-state index in [4.69, 9.17) is 0 Å². The van der Waals surface area contributed by atoms with Crippen LogP contribution in [0, 0.1) is 0 Å². The first-order valence-corrected chi connectivity index (χ1v) is 7.24. The van der Waals surface area contributed by atoms with Gasteiger partial charge >= 0.3 is 6.18 Å². The molecule has 1 rings (SSSR count). The molecule has 1 heterocycles. The van der Waals surface area contributed by atoms with E-state index in [0.29, 0.717) is 5.56 Å². The fourth-order valence-electron chi connectivity index (χ4n) is 1.37. The molecule has 0 saturated heterocycles. The van der Waals surface area contributed by atoms with Crippen molar-refractivity contribution in [2.75, 3.05) is 0 Å². The zero-order valence-corrected chi connectivity index (χ0v) is 12.4. The van der Waals surface area contributed by atoms with Gasteiger partial charge in [0, 0.05) is 23.8 Å². The van der Waals surface area contributed by atoms with Gasteiger partial charge in [0.25, 0.3) is 0 Å². The number of nitrogens with one attached hydrogen (secondary N) is 1. The van der Waals surface area contributed by atoms with E-state index in [2.05, 4.69) is 14.7 Å². The Morgan fingerprint density at radius 1 is 1.25 bits per heavy atom. The first kappa shape index (κ1) is 17.2. The van der Waals surface area contributed by atoms with Crippen LogP contribution in [0.5, 0.6) is 0 Å². The number of alkyl halides is 3. The molecule has 0 aliphatic rings. The molecule has 2 atom stereocenters. The lowest BCUT2D eigenvalue weighted by Gasteiger charge is -2.29. The van der Waals surface area contributed by atoms with Crippen molar-refractivity contribution in [2.24, 2.45) is 0 Å². The monoisotopic (exact) mass is 309 g/mol. The molecule has 0 amide bonds.